The summed E-state index contributed by atoms with van der Waals surface area (Å²) >= 11 is 0. The minimum atomic E-state index is -1.26. The largest absolute Gasteiger partial charge is 0.478 e. The van der Waals surface area contributed by atoms with Crippen molar-refractivity contribution in [2.75, 3.05) is 23.3 Å². The molecule has 0 radical (unpaired) electrons. The third-order valence-electron chi connectivity index (χ3n) is 5.76. The van der Waals surface area contributed by atoms with E-state index in [0.29, 0.717) is 37.7 Å². The van der Waals surface area contributed by atoms with Crippen molar-refractivity contribution in [3.8, 4) is 0 Å². The van der Waals surface area contributed by atoms with Gasteiger partial charge in [0.1, 0.15) is 11.6 Å². The summed E-state index contributed by atoms with van der Waals surface area (Å²) in [7, 11) is 0. The number of anilines is 2. The fraction of sp³-hybridized carbons (Fsp3) is 0.250. The summed E-state index contributed by atoms with van der Waals surface area (Å²) in [6.45, 7) is 6.73. The van der Waals surface area contributed by atoms with Crippen LogP contribution in [0.5, 0.6) is 0 Å². The number of halogens is 3. The average molecular weight is 484 g/mol. The number of carboxylic acids is 1. The Bertz CT molecular complexity index is 1280. The molecule has 2 N–H and O–H groups in total. The molecular formula is C24H23F3N6O2. The average Bonchev–Trinajstić information content (AvgIpc) is 3.17. The number of carboxylic acid groups (broad SMARTS) is 1. The van der Waals surface area contributed by atoms with Gasteiger partial charge in [0.15, 0.2) is 11.6 Å². The van der Waals surface area contributed by atoms with Gasteiger partial charge in [-0.05, 0) is 38.0 Å². The van der Waals surface area contributed by atoms with Crippen LogP contribution in [0.15, 0.2) is 48.4 Å². The lowest BCUT2D eigenvalue weighted by molar-refractivity contribution is 0.0696. The number of nitrogens with one attached hydrogen (secondary N) is 1. The van der Waals surface area contributed by atoms with Gasteiger partial charge in [0, 0.05) is 37.2 Å². The Hall–Kier alpha value is -4.15. The lowest BCUT2D eigenvalue weighted by Crippen LogP contribution is -2.35. The van der Waals surface area contributed by atoms with Gasteiger partial charge >= 0.3 is 5.97 Å². The van der Waals surface area contributed by atoms with Crippen LogP contribution in [-0.2, 0) is 0 Å². The van der Waals surface area contributed by atoms with E-state index in [1.54, 1.807) is 11.5 Å². The van der Waals surface area contributed by atoms with E-state index in [0.717, 1.165) is 18.5 Å². The summed E-state index contributed by atoms with van der Waals surface area (Å²) in [5.41, 5.74) is -0.0640. The molecule has 8 nitrogen and oxygen atoms in total. The monoisotopic (exact) mass is 484 g/mol. The first-order valence-corrected chi connectivity index (χ1v) is 10.9. The third-order valence-corrected chi connectivity index (χ3v) is 5.76. The summed E-state index contributed by atoms with van der Waals surface area (Å²) in [6, 6.07) is 3.30. The van der Waals surface area contributed by atoms with Crippen molar-refractivity contribution in [1.82, 2.24) is 14.5 Å². The van der Waals surface area contributed by atoms with Crippen LogP contribution in [0.2, 0.25) is 0 Å². The van der Waals surface area contributed by atoms with Crippen molar-refractivity contribution in [3.05, 3.63) is 71.9 Å². The second kappa shape index (κ2) is 10.00. The van der Waals surface area contributed by atoms with Gasteiger partial charge in [-0.1, -0.05) is 6.58 Å². The van der Waals surface area contributed by atoms with Crippen LogP contribution in [0.3, 0.4) is 0 Å². The van der Waals surface area contributed by atoms with Gasteiger partial charge in [-0.3, -0.25) is 0 Å². The zero-order valence-electron chi connectivity index (χ0n) is 18.9. The molecule has 0 atom stereocenters. The van der Waals surface area contributed by atoms with Crippen molar-refractivity contribution in [1.29, 1.82) is 0 Å². The van der Waals surface area contributed by atoms with Crippen LogP contribution in [0.4, 0.5) is 30.6 Å². The lowest BCUT2D eigenvalue weighted by atomic mass is 10.1. The van der Waals surface area contributed by atoms with Crippen LogP contribution >= 0.6 is 0 Å². The van der Waals surface area contributed by atoms with E-state index < -0.39 is 23.4 Å². The molecule has 3 heterocycles. The molecule has 0 saturated carbocycles. The Balaban J connectivity index is 1.55. The fourth-order valence-electron chi connectivity index (χ4n) is 4.08. The zero-order chi connectivity index (χ0) is 25.1. The number of rotatable bonds is 7. The molecule has 0 spiro atoms. The SMILES string of the molecule is C=C(Nc1ccc(C(=O)O)cc1F)c1c(F)cn(C2CCN(c3ncc(F)cn3)CC2)c1/N=C\C. The van der Waals surface area contributed by atoms with Gasteiger partial charge in [-0.25, -0.2) is 32.9 Å². The number of piperidine rings is 1. The van der Waals surface area contributed by atoms with Crippen LogP contribution in [0, 0.1) is 17.5 Å². The summed E-state index contributed by atoms with van der Waals surface area (Å²) in [6.07, 6.45) is 6.41. The van der Waals surface area contributed by atoms with E-state index >= 15 is 4.39 Å². The number of carbonyl (C=O) groups is 1. The molecule has 3 aromatic rings. The summed E-state index contributed by atoms with van der Waals surface area (Å²) in [4.78, 5) is 25.4. The van der Waals surface area contributed by atoms with E-state index in [1.165, 1.54) is 24.5 Å². The number of hydrogen-bond donors (Lipinski definition) is 2. The third kappa shape index (κ3) is 5.03. The minimum absolute atomic E-state index is 0.0359. The highest BCUT2D eigenvalue weighted by atomic mass is 19.1. The standard InChI is InChI=1S/C24H23F3N6O2/c1-3-28-22-21(14(2)31-20-5-4-15(23(34)35)10-18(20)26)19(27)13-33(22)17-6-8-32(9-7-17)24-29-11-16(25)12-30-24/h3-5,10-13,17,31H,2,6-9H2,1H3,(H,34,35)/b28-3-. The molecule has 1 aromatic carbocycles. The van der Waals surface area contributed by atoms with Crippen molar-refractivity contribution in [3.63, 3.8) is 0 Å². The van der Waals surface area contributed by atoms with Gasteiger partial charge in [0.2, 0.25) is 5.95 Å². The Morgan fingerprint density at radius 3 is 2.49 bits per heavy atom. The van der Waals surface area contributed by atoms with Crippen LogP contribution in [0.1, 0.15) is 41.7 Å². The maximum Gasteiger partial charge on any atom is 0.335 e. The normalized spacial score (nSPS) is 14.5. The molecule has 4 rings (SSSR count). The minimum Gasteiger partial charge on any atom is -0.478 e. The molecule has 0 amide bonds. The molecule has 1 aliphatic heterocycles. The zero-order valence-corrected chi connectivity index (χ0v) is 18.9. The van der Waals surface area contributed by atoms with Crippen molar-refractivity contribution < 1.29 is 23.1 Å². The molecule has 11 heteroatoms. The molecule has 0 bridgehead atoms. The second-order valence-electron chi connectivity index (χ2n) is 7.99. The topological polar surface area (TPSA) is 95.6 Å². The molecule has 1 saturated heterocycles. The molecule has 1 aliphatic rings. The maximum atomic E-state index is 15.1. The number of benzene rings is 1. The summed E-state index contributed by atoms with van der Waals surface area (Å²) in [5, 5.41) is 11.7. The Labute approximate surface area is 199 Å². The number of aliphatic imine (C=N–C) groups is 1. The van der Waals surface area contributed by atoms with Crippen molar-refractivity contribution in [2.45, 2.75) is 25.8 Å². The van der Waals surface area contributed by atoms with E-state index in [4.69, 9.17) is 5.11 Å². The molecule has 1 fully saturated rings. The van der Waals surface area contributed by atoms with Gasteiger partial charge in [-0.2, -0.15) is 0 Å². The van der Waals surface area contributed by atoms with Crippen LogP contribution in [-0.4, -0.2) is 44.9 Å². The highest BCUT2D eigenvalue weighted by Gasteiger charge is 2.27. The Kier molecular flexibility index (Phi) is 6.85. The first-order chi connectivity index (χ1) is 16.8. The van der Waals surface area contributed by atoms with E-state index in [9.17, 15) is 13.6 Å². The summed E-state index contributed by atoms with van der Waals surface area (Å²) < 4.78 is 44.4. The number of aromatic nitrogens is 3. The first kappa shape index (κ1) is 24.0. The maximum absolute atomic E-state index is 15.1. The molecule has 0 aliphatic carbocycles. The summed E-state index contributed by atoms with van der Waals surface area (Å²) in [5.74, 6) is -2.37. The number of hydrogen-bond acceptors (Lipinski definition) is 6. The second-order valence-corrected chi connectivity index (χ2v) is 7.99. The molecule has 182 valence electrons. The fourth-order valence-corrected chi connectivity index (χ4v) is 4.08. The van der Waals surface area contributed by atoms with Gasteiger partial charge in [0.25, 0.3) is 0 Å². The lowest BCUT2D eigenvalue weighted by Gasteiger charge is -2.33. The Morgan fingerprint density at radius 2 is 1.89 bits per heavy atom. The highest BCUT2D eigenvalue weighted by Crippen LogP contribution is 2.37. The van der Waals surface area contributed by atoms with E-state index in [-0.39, 0.29) is 28.6 Å². The van der Waals surface area contributed by atoms with Gasteiger partial charge in [-0.15, -0.1) is 0 Å². The quantitative estimate of drug-likeness (QED) is 0.456. The van der Waals surface area contributed by atoms with Gasteiger partial charge < -0.3 is 19.9 Å². The molecule has 35 heavy (non-hydrogen) atoms. The molecular weight excluding hydrogens is 461 g/mol. The molecule has 2 aromatic heterocycles. The van der Waals surface area contributed by atoms with Crippen molar-refractivity contribution >= 4 is 35.3 Å². The molecule has 0 unspecified atom stereocenters. The van der Waals surface area contributed by atoms with Gasteiger partial charge in [0.05, 0.1) is 29.2 Å². The van der Waals surface area contributed by atoms with E-state index in [2.05, 4.69) is 26.9 Å². The van der Waals surface area contributed by atoms with Crippen LogP contribution < -0.4 is 10.2 Å². The predicted molar refractivity (Wildman–Crippen MR) is 127 cm³/mol. The van der Waals surface area contributed by atoms with Crippen LogP contribution in [0.25, 0.3) is 5.70 Å². The number of nitrogens with zero attached hydrogens (tertiary/aromatic N) is 5. The predicted octanol–water partition coefficient (Wildman–Crippen LogP) is 5.04. The van der Waals surface area contributed by atoms with Crippen molar-refractivity contribution in [2.24, 2.45) is 4.99 Å². The highest BCUT2D eigenvalue weighted by molar-refractivity contribution is 5.89. The Morgan fingerprint density at radius 1 is 1.20 bits per heavy atom. The smallest absolute Gasteiger partial charge is 0.335 e. The van der Waals surface area contributed by atoms with E-state index in [1.807, 2.05) is 4.90 Å². The first-order valence-electron chi connectivity index (χ1n) is 10.9. The number of aromatic carboxylic acids is 1.